The second kappa shape index (κ2) is 7.60. The predicted molar refractivity (Wildman–Crippen MR) is 95.8 cm³/mol. The average molecular weight is 343 g/mol. The summed E-state index contributed by atoms with van der Waals surface area (Å²) >= 11 is 0. The minimum Gasteiger partial charge on any atom is -0.323 e. The van der Waals surface area contributed by atoms with Crippen LogP contribution in [0, 0.1) is 6.92 Å². The van der Waals surface area contributed by atoms with Crippen molar-refractivity contribution in [3.63, 3.8) is 0 Å². The third kappa shape index (κ3) is 3.79. The first-order chi connectivity index (χ1) is 12.1. The zero-order valence-electron chi connectivity index (χ0n) is 15.0. The van der Waals surface area contributed by atoms with Crippen LogP contribution < -0.4 is 5.32 Å². The van der Waals surface area contributed by atoms with Crippen molar-refractivity contribution in [2.24, 2.45) is 0 Å². The van der Waals surface area contributed by atoms with E-state index in [9.17, 15) is 4.79 Å². The number of hydrogen-bond donors (Lipinski definition) is 1. The van der Waals surface area contributed by atoms with E-state index in [1.54, 1.807) is 11.0 Å². The van der Waals surface area contributed by atoms with E-state index in [0.29, 0.717) is 6.04 Å². The summed E-state index contributed by atoms with van der Waals surface area (Å²) in [6, 6.07) is 6.14. The Balaban J connectivity index is 1.63. The first kappa shape index (κ1) is 17.3. The van der Waals surface area contributed by atoms with Gasteiger partial charge in [0.2, 0.25) is 0 Å². The molecule has 2 amide bonds. The molecule has 0 spiro atoms. The summed E-state index contributed by atoms with van der Waals surface area (Å²) in [7, 11) is 0. The van der Waals surface area contributed by atoms with E-state index in [2.05, 4.69) is 39.6 Å². The Morgan fingerprint density at radius 3 is 2.80 bits per heavy atom. The lowest BCUT2D eigenvalue weighted by Crippen LogP contribution is -2.39. The molecule has 1 aliphatic rings. The fraction of sp³-hybridized carbons (Fsp3) is 0.529. The maximum absolute atomic E-state index is 12.5. The fourth-order valence-electron chi connectivity index (χ4n) is 3.43. The molecule has 1 atom stereocenters. The van der Waals surface area contributed by atoms with Gasteiger partial charge in [-0.2, -0.15) is 0 Å². The SMILES string of the molecule is CCN(CC)[C@@H]1CCN(C(=O)Nc2ccc(-n3cnnn3)c(C)c2)C1. The number of aromatic nitrogens is 4. The van der Waals surface area contributed by atoms with Gasteiger partial charge in [-0.1, -0.05) is 13.8 Å². The Labute approximate surface area is 147 Å². The number of benzene rings is 1. The molecule has 0 radical (unpaired) electrons. The summed E-state index contributed by atoms with van der Waals surface area (Å²) in [5.74, 6) is 0. The van der Waals surface area contributed by atoms with Crippen LogP contribution in [0.15, 0.2) is 24.5 Å². The van der Waals surface area contributed by atoms with E-state index in [-0.39, 0.29) is 6.03 Å². The number of amides is 2. The number of carbonyl (C=O) groups excluding carboxylic acids is 1. The zero-order chi connectivity index (χ0) is 17.8. The number of hydrogen-bond acceptors (Lipinski definition) is 5. The second-order valence-corrected chi connectivity index (χ2v) is 6.30. The summed E-state index contributed by atoms with van der Waals surface area (Å²) in [6.07, 6.45) is 2.59. The van der Waals surface area contributed by atoms with Gasteiger partial charge in [0, 0.05) is 24.8 Å². The summed E-state index contributed by atoms with van der Waals surface area (Å²) in [6.45, 7) is 9.94. The molecule has 1 fully saturated rings. The van der Waals surface area contributed by atoms with Gasteiger partial charge in [0.25, 0.3) is 0 Å². The number of carbonyl (C=O) groups is 1. The molecule has 0 unspecified atom stereocenters. The second-order valence-electron chi connectivity index (χ2n) is 6.30. The van der Waals surface area contributed by atoms with Crippen LogP contribution in [0.25, 0.3) is 5.69 Å². The molecule has 25 heavy (non-hydrogen) atoms. The highest BCUT2D eigenvalue weighted by atomic mass is 16.2. The minimum atomic E-state index is -0.0378. The minimum absolute atomic E-state index is 0.0378. The molecule has 1 aromatic heterocycles. The highest BCUT2D eigenvalue weighted by Gasteiger charge is 2.29. The van der Waals surface area contributed by atoms with Gasteiger partial charge in [-0.15, -0.1) is 5.10 Å². The van der Waals surface area contributed by atoms with Crippen molar-refractivity contribution in [2.45, 2.75) is 33.2 Å². The predicted octanol–water partition coefficient (Wildman–Crippen LogP) is 1.92. The van der Waals surface area contributed by atoms with E-state index in [1.165, 1.54) is 0 Å². The lowest BCUT2D eigenvalue weighted by atomic mass is 10.2. The standard InChI is InChI=1S/C17H25N7O/c1-4-22(5-2)15-8-9-23(11-15)17(25)19-14-6-7-16(13(3)10-14)24-12-18-20-21-24/h6-7,10,12,15H,4-5,8-9,11H2,1-3H3,(H,19,25)/t15-/m1/s1. The van der Waals surface area contributed by atoms with E-state index in [1.807, 2.05) is 30.0 Å². The largest absolute Gasteiger partial charge is 0.323 e. The summed E-state index contributed by atoms with van der Waals surface area (Å²) in [5, 5.41) is 14.2. The first-order valence-corrected chi connectivity index (χ1v) is 8.76. The number of aryl methyl sites for hydroxylation is 1. The molecule has 8 heteroatoms. The van der Waals surface area contributed by atoms with E-state index >= 15 is 0 Å². The molecule has 1 N–H and O–H groups in total. The smallest absolute Gasteiger partial charge is 0.321 e. The first-order valence-electron chi connectivity index (χ1n) is 8.76. The number of anilines is 1. The van der Waals surface area contributed by atoms with Gasteiger partial charge < -0.3 is 10.2 Å². The summed E-state index contributed by atoms with van der Waals surface area (Å²) < 4.78 is 1.61. The number of nitrogens with zero attached hydrogens (tertiary/aromatic N) is 6. The molecule has 134 valence electrons. The van der Waals surface area contributed by atoms with Gasteiger partial charge in [0.05, 0.1) is 5.69 Å². The van der Waals surface area contributed by atoms with Crippen molar-refractivity contribution in [3.05, 3.63) is 30.1 Å². The topological polar surface area (TPSA) is 79.2 Å². The van der Waals surface area contributed by atoms with Crippen molar-refractivity contribution in [2.75, 3.05) is 31.5 Å². The van der Waals surface area contributed by atoms with Gasteiger partial charge in [0.1, 0.15) is 6.33 Å². The van der Waals surface area contributed by atoms with Crippen molar-refractivity contribution in [1.29, 1.82) is 0 Å². The Hall–Kier alpha value is -2.48. The van der Waals surface area contributed by atoms with Crippen LogP contribution in [0.3, 0.4) is 0 Å². The number of rotatable bonds is 5. The molecule has 0 aliphatic carbocycles. The molecule has 0 saturated carbocycles. The molecule has 1 saturated heterocycles. The van der Waals surface area contributed by atoms with Gasteiger partial charge in [0.15, 0.2) is 0 Å². The number of likely N-dealkylation sites (tertiary alicyclic amines) is 1. The number of nitrogens with one attached hydrogen (secondary N) is 1. The zero-order valence-corrected chi connectivity index (χ0v) is 15.0. The van der Waals surface area contributed by atoms with Crippen LogP contribution in [0.5, 0.6) is 0 Å². The number of tetrazole rings is 1. The molecular weight excluding hydrogens is 318 g/mol. The Kier molecular flexibility index (Phi) is 5.28. The monoisotopic (exact) mass is 343 g/mol. The van der Waals surface area contributed by atoms with E-state index < -0.39 is 0 Å². The average Bonchev–Trinajstić information content (AvgIpc) is 3.28. The highest BCUT2D eigenvalue weighted by Crippen LogP contribution is 2.20. The molecule has 2 heterocycles. The van der Waals surface area contributed by atoms with Crippen LogP contribution in [0.4, 0.5) is 10.5 Å². The third-order valence-corrected chi connectivity index (χ3v) is 4.82. The molecular formula is C17H25N7O. The lowest BCUT2D eigenvalue weighted by molar-refractivity contribution is 0.202. The molecule has 0 bridgehead atoms. The third-order valence-electron chi connectivity index (χ3n) is 4.82. The van der Waals surface area contributed by atoms with E-state index in [4.69, 9.17) is 0 Å². The fourth-order valence-corrected chi connectivity index (χ4v) is 3.43. The molecule has 1 aromatic carbocycles. The number of likely N-dealkylation sites (N-methyl/N-ethyl adjacent to an activating group) is 1. The summed E-state index contributed by atoms with van der Waals surface area (Å²) in [4.78, 5) is 16.9. The van der Waals surface area contributed by atoms with Crippen LogP contribution in [0.1, 0.15) is 25.8 Å². The Morgan fingerprint density at radius 2 is 2.16 bits per heavy atom. The molecule has 8 nitrogen and oxygen atoms in total. The van der Waals surface area contributed by atoms with Crippen molar-refractivity contribution in [3.8, 4) is 5.69 Å². The molecule has 2 aromatic rings. The van der Waals surface area contributed by atoms with Crippen LogP contribution >= 0.6 is 0 Å². The van der Waals surface area contributed by atoms with Gasteiger partial charge in [-0.25, -0.2) is 9.48 Å². The van der Waals surface area contributed by atoms with Crippen LogP contribution in [-0.4, -0.2) is 68.3 Å². The number of urea groups is 1. The normalized spacial score (nSPS) is 17.3. The maximum Gasteiger partial charge on any atom is 0.321 e. The quantitative estimate of drug-likeness (QED) is 0.897. The van der Waals surface area contributed by atoms with Gasteiger partial charge >= 0.3 is 6.03 Å². The van der Waals surface area contributed by atoms with E-state index in [0.717, 1.165) is 49.5 Å². The Morgan fingerprint density at radius 1 is 1.36 bits per heavy atom. The summed E-state index contributed by atoms with van der Waals surface area (Å²) in [5.41, 5.74) is 2.67. The lowest BCUT2D eigenvalue weighted by Gasteiger charge is -2.26. The molecule has 1 aliphatic heterocycles. The van der Waals surface area contributed by atoms with Crippen LogP contribution in [0.2, 0.25) is 0 Å². The van der Waals surface area contributed by atoms with Gasteiger partial charge in [-0.05, 0) is 60.6 Å². The van der Waals surface area contributed by atoms with Crippen LogP contribution in [-0.2, 0) is 0 Å². The van der Waals surface area contributed by atoms with Crippen molar-refractivity contribution in [1.82, 2.24) is 30.0 Å². The van der Waals surface area contributed by atoms with Crippen molar-refractivity contribution < 1.29 is 4.79 Å². The van der Waals surface area contributed by atoms with Gasteiger partial charge in [-0.3, -0.25) is 4.90 Å². The molecule has 3 rings (SSSR count). The highest BCUT2D eigenvalue weighted by molar-refractivity contribution is 5.89. The van der Waals surface area contributed by atoms with Crippen molar-refractivity contribution >= 4 is 11.7 Å². The maximum atomic E-state index is 12.5. The Bertz CT molecular complexity index is 712.